The molecule has 0 N–H and O–H groups in total. The van der Waals surface area contributed by atoms with Crippen LogP contribution in [0.3, 0.4) is 0 Å². The SMILES string of the molecule is COc1ccc2nc3c(nc2c1)O[C@H]1CN(C(=O)[C@H](C2CCCCC2)CC(=O)O[C@@H]2CCC[C@H]2CCCCC3(F)F)[C@H]([C-]=O)[C@@H]1C.COc1ccc2nc3c(nc2c1)O[C@H]1CN(C(=O)[C@H](C2CCCCC2)CC(=O)O[C@@H]2C[C@H]2CCCCC3(F)F)[C@H]([C-]=O)[C@@H]1C.[V].[V]. The number of halogens is 4. The maximum Gasteiger partial charge on any atom is 0.306 e. The number of nitrogens with zero attached hydrogens (tertiary/aromatic N) is 6. The Labute approximate surface area is 559 Å². The van der Waals surface area contributed by atoms with Gasteiger partial charge in [0.05, 0.1) is 74.1 Å². The van der Waals surface area contributed by atoms with E-state index in [4.69, 9.17) is 28.4 Å². The van der Waals surface area contributed by atoms with E-state index in [1.165, 1.54) is 24.0 Å². The minimum Gasteiger partial charge on any atom is -0.540 e. The van der Waals surface area contributed by atoms with E-state index >= 15 is 17.6 Å². The molecule has 4 bridgehead atoms. The number of carbonyl (C=O) groups is 4. The van der Waals surface area contributed by atoms with Crippen LogP contribution in [0.1, 0.15) is 179 Å². The van der Waals surface area contributed by atoms with E-state index in [0.29, 0.717) is 54.6 Å². The normalized spacial score (nSPS) is 30.7. The van der Waals surface area contributed by atoms with Gasteiger partial charge in [0.15, 0.2) is 11.4 Å². The molecule has 0 spiro atoms. The van der Waals surface area contributed by atoms with Crippen LogP contribution >= 0.6 is 0 Å². The van der Waals surface area contributed by atoms with E-state index in [1.54, 1.807) is 50.2 Å². The van der Waals surface area contributed by atoms with Gasteiger partial charge in [-0.3, -0.25) is 19.2 Å². The van der Waals surface area contributed by atoms with Gasteiger partial charge in [0.25, 0.3) is 11.8 Å². The average molecular weight is 1360 g/mol. The monoisotopic (exact) mass is 1350 g/mol. The summed E-state index contributed by atoms with van der Waals surface area (Å²) >= 11 is 0. The molecule has 4 aliphatic heterocycles. The first-order valence-electron chi connectivity index (χ1n) is 32.9. The summed E-state index contributed by atoms with van der Waals surface area (Å²) in [6.07, 6.45) is 16.4. The first-order chi connectivity index (χ1) is 43.4. The summed E-state index contributed by atoms with van der Waals surface area (Å²) in [5, 5.41) is 0. The van der Waals surface area contributed by atoms with Gasteiger partial charge in [0.2, 0.25) is 23.6 Å². The Bertz CT molecular complexity index is 3270. The van der Waals surface area contributed by atoms with Crippen molar-refractivity contribution in [3.8, 4) is 23.3 Å². The van der Waals surface area contributed by atoms with Crippen LogP contribution in [0.2, 0.25) is 0 Å². The number of esters is 2. The molecular weight excluding hydrogens is 1270 g/mol. The number of hydrogen-bond acceptors (Lipinski definition) is 16. The van der Waals surface area contributed by atoms with Crippen LogP contribution in [-0.4, -0.2) is 130 Å². The Kier molecular flexibility index (Phi) is 23.7. The Hall–Kier alpha value is -5.57. The van der Waals surface area contributed by atoms with Crippen LogP contribution in [-0.2, 0) is 87.2 Å². The molecule has 92 heavy (non-hydrogen) atoms. The quantitative estimate of drug-likeness (QED) is 0.0996. The third-order valence-electron chi connectivity index (χ3n) is 20.8. The van der Waals surface area contributed by atoms with Gasteiger partial charge >= 0.3 is 11.9 Å². The van der Waals surface area contributed by atoms with Crippen molar-refractivity contribution in [1.82, 2.24) is 29.7 Å². The van der Waals surface area contributed by atoms with Gasteiger partial charge < -0.3 is 47.8 Å². The third-order valence-corrected chi connectivity index (χ3v) is 20.8. The molecule has 2 amide bonds. The molecule has 4 aromatic rings. The largest absolute Gasteiger partial charge is 0.540 e. The predicted octanol–water partition coefficient (Wildman–Crippen LogP) is 11.8. The topological polar surface area (TPSA) is 216 Å². The summed E-state index contributed by atoms with van der Waals surface area (Å²) in [6, 6.07) is 7.75. The third kappa shape index (κ3) is 15.9. The first kappa shape index (κ1) is 70.7. The number of fused-ring (bicyclic) bond motifs is 10. The van der Waals surface area contributed by atoms with Crippen LogP contribution in [0, 0.1) is 47.3 Å². The number of carbonyl (C=O) groups excluding carboxylic acids is 6. The zero-order valence-electron chi connectivity index (χ0n) is 52.9. The van der Waals surface area contributed by atoms with E-state index < -0.39 is 96.0 Å². The van der Waals surface area contributed by atoms with Crippen molar-refractivity contribution in [2.45, 2.75) is 216 Å². The minimum absolute atomic E-state index is 0. The molecular formula is C68H84F4N6O12V2-2. The molecule has 6 heterocycles. The van der Waals surface area contributed by atoms with Gasteiger partial charge in [-0.1, -0.05) is 77.3 Å². The van der Waals surface area contributed by atoms with Crippen LogP contribution in [0.4, 0.5) is 17.6 Å². The zero-order chi connectivity index (χ0) is 63.4. The molecule has 4 saturated carbocycles. The fraction of sp³-hybridized carbons (Fsp3) is 0.676. The molecule has 6 fully saturated rings. The Morgan fingerprint density at radius 1 is 0.478 bits per heavy atom. The molecule has 12 rings (SSSR count). The van der Waals surface area contributed by atoms with Crippen molar-refractivity contribution in [2.24, 2.45) is 47.3 Å². The van der Waals surface area contributed by atoms with Gasteiger partial charge in [0, 0.05) is 62.1 Å². The van der Waals surface area contributed by atoms with Crippen molar-refractivity contribution in [3.05, 3.63) is 47.8 Å². The number of hydrogen-bond donors (Lipinski definition) is 0. The number of alkyl halides is 4. The van der Waals surface area contributed by atoms with Gasteiger partial charge in [-0.05, 0) is 137 Å². The summed E-state index contributed by atoms with van der Waals surface area (Å²) in [5.41, 5.74) is 0.112. The number of amides is 2. The summed E-state index contributed by atoms with van der Waals surface area (Å²) in [5.74, 6) is -9.91. The van der Waals surface area contributed by atoms with Crippen molar-refractivity contribution in [2.75, 3.05) is 27.3 Å². The first-order valence-corrected chi connectivity index (χ1v) is 32.9. The van der Waals surface area contributed by atoms with Crippen LogP contribution in [0.25, 0.3) is 22.1 Å². The Morgan fingerprint density at radius 3 is 1.32 bits per heavy atom. The average Bonchev–Trinajstić information content (AvgIpc) is 1.29. The van der Waals surface area contributed by atoms with Crippen molar-refractivity contribution in [1.29, 1.82) is 0 Å². The fourth-order valence-corrected chi connectivity index (χ4v) is 15.3. The molecule has 0 unspecified atom stereocenters. The fourth-order valence-electron chi connectivity index (χ4n) is 15.3. The standard InChI is InChI=1S/C35H44F2N3O6.C33H40F2N3O6.2V/c1-21-28(20-41)40-19-30(21)46-33-32(38-26-15-14-24(44-2)17-27(26)39-33)35(36,37)16-7-6-11-23-12-8-13-29(23)45-31(42)18-25(34(40)43)22-9-4-3-5-10-22;1-19-26(18-39)38-17-28(19)44-31-30(36-24-12-11-22(42-2)15-25(24)37-31)33(34,35)13-7-6-10-21-14-27(21)43-29(40)16-23(32(38)41)20-8-4-3-5-9-20;;/h14-15,17,21-23,25,28-30H,3-13,16,18-19H2,1-2H3;11-12,15,19-21,23,26-28H,3-10,13-14,16-17H2,1-2H3;;/q2*-1;;/t21-,23+,25-,28+,29+,30-;19-,21+,23-,26+,27+,28-;;/m00../s1. The van der Waals surface area contributed by atoms with E-state index in [2.05, 4.69) is 19.9 Å². The van der Waals surface area contributed by atoms with Gasteiger partial charge in [-0.15, -0.1) is 0 Å². The summed E-state index contributed by atoms with van der Waals surface area (Å²) in [4.78, 5) is 100. The summed E-state index contributed by atoms with van der Waals surface area (Å²) in [6.45, 7) is 3.44. The molecule has 2 aromatic heterocycles. The van der Waals surface area contributed by atoms with E-state index in [-0.39, 0.29) is 146 Å². The molecule has 2 radical (unpaired) electrons. The van der Waals surface area contributed by atoms with E-state index in [0.717, 1.165) is 83.5 Å². The minimum atomic E-state index is -3.34. The second-order valence-corrected chi connectivity index (χ2v) is 26.7. The van der Waals surface area contributed by atoms with Crippen LogP contribution in [0.5, 0.6) is 23.3 Å². The zero-order valence-corrected chi connectivity index (χ0v) is 55.7. The summed E-state index contributed by atoms with van der Waals surface area (Å²) in [7, 11) is 3.00. The van der Waals surface area contributed by atoms with Crippen LogP contribution in [0.15, 0.2) is 36.4 Å². The number of aromatic nitrogens is 4. The smallest absolute Gasteiger partial charge is 0.306 e. The summed E-state index contributed by atoms with van der Waals surface area (Å²) < 4.78 is 98.6. The van der Waals surface area contributed by atoms with Gasteiger partial charge in [0.1, 0.15) is 35.9 Å². The predicted molar refractivity (Wildman–Crippen MR) is 321 cm³/mol. The second-order valence-electron chi connectivity index (χ2n) is 26.7. The van der Waals surface area contributed by atoms with Crippen molar-refractivity contribution >= 4 is 58.4 Å². The molecule has 4 aliphatic carbocycles. The Balaban J connectivity index is 0.000000213. The number of methoxy groups -OCH3 is 2. The maximum atomic E-state index is 16.0. The number of rotatable bonds is 6. The van der Waals surface area contributed by atoms with Gasteiger partial charge in [-0.25, -0.2) is 32.5 Å². The van der Waals surface area contributed by atoms with E-state index in [9.17, 15) is 28.8 Å². The number of ether oxygens (including phenoxy) is 6. The van der Waals surface area contributed by atoms with Gasteiger partial charge in [-0.2, -0.15) is 17.6 Å². The van der Waals surface area contributed by atoms with E-state index in [1.807, 2.05) is 12.6 Å². The molecule has 12 atom stereocenters. The second kappa shape index (κ2) is 30.9. The molecule has 498 valence electrons. The van der Waals surface area contributed by atoms with Crippen LogP contribution < -0.4 is 18.9 Å². The molecule has 8 aliphatic rings. The Morgan fingerprint density at radius 2 is 0.880 bits per heavy atom. The van der Waals surface area contributed by atoms with Crippen molar-refractivity contribution in [3.63, 3.8) is 0 Å². The van der Waals surface area contributed by atoms with Crippen molar-refractivity contribution < 1.29 is 112 Å². The number of benzene rings is 2. The molecule has 18 nitrogen and oxygen atoms in total. The maximum absolute atomic E-state index is 16.0. The molecule has 2 saturated heterocycles. The molecule has 24 heteroatoms. The molecule has 2 aromatic carbocycles.